The minimum Gasteiger partial charge on any atom is -0.514 e. The predicted molar refractivity (Wildman–Crippen MR) is 83.6 cm³/mol. The smallest absolute Gasteiger partial charge is 0.514 e. The SMILES string of the molecule is C/C(=N/N=C(/N)SB1Oc2ccccc2O1)c1ccco1. The van der Waals surface area contributed by atoms with Crippen molar-refractivity contribution in [2.24, 2.45) is 15.9 Å². The zero-order valence-corrected chi connectivity index (χ0v) is 12.0. The van der Waals surface area contributed by atoms with E-state index in [1.807, 2.05) is 24.3 Å². The Balaban J connectivity index is 1.61. The Kier molecular flexibility index (Phi) is 3.87. The lowest BCUT2D eigenvalue weighted by Crippen LogP contribution is -2.25. The first-order chi connectivity index (χ1) is 10.2. The molecule has 0 bridgehead atoms. The second-order valence-electron chi connectivity index (χ2n) is 4.19. The molecule has 1 aliphatic rings. The molecule has 6 nitrogen and oxygen atoms in total. The zero-order chi connectivity index (χ0) is 14.7. The van der Waals surface area contributed by atoms with E-state index >= 15 is 0 Å². The van der Waals surface area contributed by atoms with Gasteiger partial charge in [0, 0.05) is 0 Å². The van der Waals surface area contributed by atoms with E-state index in [0.29, 0.717) is 23.0 Å². The molecule has 0 amide bonds. The molecular weight excluding hydrogens is 289 g/mol. The van der Waals surface area contributed by atoms with Gasteiger partial charge in [0.25, 0.3) is 0 Å². The highest BCUT2D eigenvalue weighted by Gasteiger charge is 2.34. The summed E-state index contributed by atoms with van der Waals surface area (Å²) in [5.41, 5.74) is 6.44. The number of nitrogens with two attached hydrogens (primary N) is 1. The van der Waals surface area contributed by atoms with Crippen LogP contribution in [0.25, 0.3) is 0 Å². The topological polar surface area (TPSA) is 82.3 Å². The van der Waals surface area contributed by atoms with Gasteiger partial charge in [-0.1, -0.05) is 12.1 Å². The fourth-order valence-corrected chi connectivity index (χ4v) is 2.29. The first kappa shape index (κ1) is 13.6. The van der Waals surface area contributed by atoms with Gasteiger partial charge in [0.05, 0.1) is 6.26 Å². The van der Waals surface area contributed by atoms with Gasteiger partial charge < -0.3 is 19.5 Å². The van der Waals surface area contributed by atoms with Crippen molar-refractivity contribution < 1.29 is 13.7 Å². The molecule has 1 aromatic heterocycles. The minimum absolute atomic E-state index is 0.249. The highest BCUT2D eigenvalue weighted by Crippen LogP contribution is 2.35. The molecule has 1 aromatic carbocycles. The van der Waals surface area contributed by atoms with Gasteiger partial charge in [-0.15, -0.1) is 10.2 Å². The molecule has 0 saturated carbocycles. The average molecular weight is 301 g/mol. The summed E-state index contributed by atoms with van der Waals surface area (Å²) in [4.78, 5) is 0. The average Bonchev–Trinajstić information content (AvgIpc) is 3.13. The number of hydrogen-bond donors (Lipinski definition) is 1. The molecule has 0 saturated heterocycles. The summed E-state index contributed by atoms with van der Waals surface area (Å²) in [7, 11) is 0. The zero-order valence-electron chi connectivity index (χ0n) is 11.2. The summed E-state index contributed by atoms with van der Waals surface area (Å²) >= 11 is 1.15. The monoisotopic (exact) mass is 301 g/mol. The molecule has 8 heteroatoms. The van der Waals surface area contributed by atoms with Crippen LogP contribution in [0.3, 0.4) is 0 Å². The predicted octanol–water partition coefficient (Wildman–Crippen LogP) is 2.51. The molecule has 21 heavy (non-hydrogen) atoms. The second kappa shape index (κ2) is 5.96. The van der Waals surface area contributed by atoms with Crippen LogP contribution in [-0.2, 0) is 0 Å². The van der Waals surface area contributed by atoms with Gasteiger partial charge in [-0.2, -0.15) is 0 Å². The summed E-state index contributed by atoms with van der Waals surface area (Å²) in [5.74, 6) is 2.04. The van der Waals surface area contributed by atoms with E-state index in [2.05, 4.69) is 10.2 Å². The van der Waals surface area contributed by atoms with Crippen molar-refractivity contribution in [3.63, 3.8) is 0 Å². The molecule has 2 aromatic rings. The molecule has 0 radical (unpaired) electrons. The summed E-state index contributed by atoms with van der Waals surface area (Å²) in [5, 5.41) is 8.19. The van der Waals surface area contributed by atoms with Gasteiger partial charge in [-0.25, -0.2) is 0 Å². The Bertz CT molecular complexity index is 663. The standard InChI is InChI=1S/C13H12BN3O3S/c1-9(10-7-4-8-18-10)16-17-13(15)21-14-19-11-5-2-3-6-12(11)20-14/h2-8H,1H3,(H2,15,17)/b16-9-. The maximum absolute atomic E-state index is 5.81. The van der Waals surface area contributed by atoms with Crippen LogP contribution in [0.2, 0.25) is 0 Å². The highest BCUT2D eigenvalue weighted by atomic mass is 32.2. The third kappa shape index (κ3) is 3.22. The quantitative estimate of drug-likeness (QED) is 0.407. The molecule has 0 spiro atoms. The van der Waals surface area contributed by atoms with Crippen LogP contribution in [0.5, 0.6) is 11.5 Å². The van der Waals surface area contributed by atoms with Crippen molar-refractivity contribution in [3.05, 3.63) is 48.4 Å². The summed E-state index contributed by atoms with van der Waals surface area (Å²) in [6, 6.07) is 11.0. The summed E-state index contributed by atoms with van der Waals surface area (Å²) < 4.78 is 16.3. The Labute approximate surface area is 126 Å². The van der Waals surface area contributed by atoms with Gasteiger partial charge in [0.1, 0.15) is 23.0 Å². The fraction of sp³-hybridized carbons (Fsp3) is 0.0769. The van der Waals surface area contributed by atoms with Crippen LogP contribution in [0.4, 0.5) is 0 Å². The van der Waals surface area contributed by atoms with Gasteiger partial charge in [0.2, 0.25) is 0 Å². The van der Waals surface area contributed by atoms with Crippen molar-refractivity contribution in [1.82, 2.24) is 0 Å². The Morgan fingerprint density at radius 2 is 1.81 bits per heavy atom. The molecule has 2 N–H and O–H groups in total. The molecular formula is C13H12BN3O3S. The van der Waals surface area contributed by atoms with Crippen LogP contribution in [0, 0.1) is 0 Å². The molecule has 0 fully saturated rings. The van der Waals surface area contributed by atoms with Crippen LogP contribution >= 0.6 is 11.6 Å². The number of fused-ring (bicyclic) bond motifs is 1. The lowest BCUT2D eigenvalue weighted by atomic mass is 10.3. The van der Waals surface area contributed by atoms with Crippen LogP contribution in [0.15, 0.2) is 57.3 Å². The molecule has 0 atom stereocenters. The number of para-hydroxylation sites is 2. The largest absolute Gasteiger partial charge is 0.679 e. The molecule has 0 unspecified atom stereocenters. The molecule has 2 heterocycles. The van der Waals surface area contributed by atoms with Crippen molar-refractivity contribution in [1.29, 1.82) is 0 Å². The Hall–Kier alpha value is -2.35. The molecule has 1 aliphatic heterocycles. The van der Waals surface area contributed by atoms with Crippen molar-refractivity contribution >= 4 is 28.9 Å². The number of hydrogen-bond acceptors (Lipinski definition) is 6. The van der Waals surface area contributed by atoms with Gasteiger partial charge >= 0.3 is 6.40 Å². The van der Waals surface area contributed by atoms with Gasteiger partial charge in [-0.05, 0) is 42.8 Å². The molecule has 3 rings (SSSR count). The molecule has 106 valence electrons. The van der Waals surface area contributed by atoms with E-state index < -0.39 is 6.40 Å². The first-order valence-corrected chi connectivity index (χ1v) is 7.11. The van der Waals surface area contributed by atoms with Crippen molar-refractivity contribution in [2.45, 2.75) is 6.92 Å². The van der Waals surface area contributed by atoms with Crippen LogP contribution in [0.1, 0.15) is 12.7 Å². The van der Waals surface area contributed by atoms with Crippen molar-refractivity contribution in [2.75, 3.05) is 0 Å². The van der Waals surface area contributed by atoms with Gasteiger partial charge in [-0.3, -0.25) is 0 Å². The Morgan fingerprint density at radius 1 is 1.10 bits per heavy atom. The maximum atomic E-state index is 5.81. The van der Waals surface area contributed by atoms with E-state index in [1.54, 1.807) is 25.3 Å². The lowest BCUT2D eigenvalue weighted by Gasteiger charge is -2.02. The van der Waals surface area contributed by atoms with E-state index in [9.17, 15) is 0 Å². The van der Waals surface area contributed by atoms with Crippen molar-refractivity contribution in [3.8, 4) is 11.5 Å². The number of amidine groups is 1. The number of rotatable bonds is 3. The molecule has 0 aliphatic carbocycles. The maximum Gasteiger partial charge on any atom is 0.679 e. The summed E-state index contributed by atoms with van der Waals surface area (Å²) in [6.07, 6.45) is 1.03. The first-order valence-electron chi connectivity index (χ1n) is 6.23. The van der Waals surface area contributed by atoms with E-state index in [4.69, 9.17) is 19.5 Å². The summed E-state index contributed by atoms with van der Waals surface area (Å²) in [6.45, 7) is 1.79. The van der Waals surface area contributed by atoms with Crippen LogP contribution in [-0.4, -0.2) is 17.3 Å². The van der Waals surface area contributed by atoms with E-state index in [0.717, 1.165) is 11.6 Å². The number of nitrogens with zero attached hydrogens (tertiary/aromatic N) is 2. The minimum atomic E-state index is -0.551. The lowest BCUT2D eigenvalue weighted by molar-refractivity contribution is 0.531. The highest BCUT2D eigenvalue weighted by molar-refractivity contribution is 8.35. The van der Waals surface area contributed by atoms with E-state index in [1.165, 1.54) is 0 Å². The third-order valence-corrected chi connectivity index (χ3v) is 3.40. The fourth-order valence-electron chi connectivity index (χ4n) is 1.70. The number of benzene rings is 1. The van der Waals surface area contributed by atoms with E-state index in [-0.39, 0.29) is 5.17 Å². The normalized spacial score (nSPS) is 14.6. The van der Waals surface area contributed by atoms with Gasteiger partial charge in [0.15, 0.2) is 5.17 Å². The Morgan fingerprint density at radius 3 is 2.43 bits per heavy atom. The number of furan rings is 1. The van der Waals surface area contributed by atoms with Crippen LogP contribution < -0.4 is 15.0 Å². The third-order valence-electron chi connectivity index (χ3n) is 2.69. The second-order valence-corrected chi connectivity index (χ2v) is 5.23.